The Morgan fingerprint density at radius 1 is 0.903 bits per heavy atom. The molecule has 0 aliphatic carbocycles. The zero-order valence-corrected chi connectivity index (χ0v) is 19.0. The standard InChI is InChI=1S/C23H35FN4O3/c1-23(2,3)31-22(30)28-11-4-10-25(13-14-28)12-9-21(29)27-17-15-26(16-18-27)20-7-5-19(24)6-8-20/h5-8H,4,9-18H2,1-3H3. The molecule has 0 N–H and O–H groups in total. The molecular formula is C23H35FN4O3. The Morgan fingerprint density at radius 2 is 1.55 bits per heavy atom. The van der Waals surface area contributed by atoms with Crippen LogP contribution in [0.4, 0.5) is 14.9 Å². The highest BCUT2D eigenvalue weighted by molar-refractivity contribution is 5.76. The van der Waals surface area contributed by atoms with E-state index in [1.807, 2.05) is 25.7 Å². The second-order valence-corrected chi connectivity index (χ2v) is 9.26. The minimum atomic E-state index is -0.490. The van der Waals surface area contributed by atoms with Crippen molar-refractivity contribution in [2.75, 3.05) is 63.8 Å². The molecule has 2 saturated heterocycles. The van der Waals surface area contributed by atoms with E-state index in [4.69, 9.17) is 4.74 Å². The zero-order chi connectivity index (χ0) is 22.4. The molecule has 0 saturated carbocycles. The Labute approximate surface area is 184 Å². The molecule has 1 aromatic carbocycles. The molecule has 7 nitrogen and oxygen atoms in total. The second-order valence-electron chi connectivity index (χ2n) is 9.26. The summed E-state index contributed by atoms with van der Waals surface area (Å²) in [5.41, 5.74) is 0.503. The van der Waals surface area contributed by atoms with Crippen molar-refractivity contribution in [3.63, 3.8) is 0 Å². The molecule has 3 rings (SSSR count). The first-order chi connectivity index (χ1) is 14.7. The van der Waals surface area contributed by atoms with Crippen LogP contribution in [0.15, 0.2) is 24.3 Å². The van der Waals surface area contributed by atoms with Gasteiger partial charge in [0.25, 0.3) is 0 Å². The van der Waals surface area contributed by atoms with Crippen molar-refractivity contribution in [3.8, 4) is 0 Å². The van der Waals surface area contributed by atoms with E-state index in [-0.39, 0.29) is 17.8 Å². The Morgan fingerprint density at radius 3 is 2.19 bits per heavy atom. The van der Waals surface area contributed by atoms with Gasteiger partial charge < -0.3 is 24.3 Å². The highest BCUT2D eigenvalue weighted by atomic mass is 19.1. The van der Waals surface area contributed by atoms with Crippen LogP contribution in [0.3, 0.4) is 0 Å². The summed E-state index contributed by atoms with van der Waals surface area (Å²) in [5.74, 6) is -0.0627. The monoisotopic (exact) mass is 434 g/mol. The number of carbonyl (C=O) groups excluding carboxylic acids is 2. The molecule has 2 aliphatic rings. The molecule has 172 valence electrons. The van der Waals surface area contributed by atoms with Crippen LogP contribution >= 0.6 is 0 Å². The van der Waals surface area contributed by atoms with Crippen LogP contribution in [0.2, 0.25) is 0 Å². The van der Waals surface area contributed by atoms with E-state index in [9.17, 15) is 14.0 Å². The fraction of sp³-hybridized carbons (Fsp3) is 0.652. The summed E-state index contributed by atoms with van der Waals surface area (Å²) in [5, 5.41) is 0. The van der Waals surface area contributed by atoms with E-state index in [0.29, 0.717) is 39.1 Å². The van der Waals surface area contributed by atoms with E-state index >= 15 is 0 Å². The maximum atomic E-state index is 13.1. The van der Waals surface area contributed by atoms with Crippen molar-refractivity contribution in [2.24, 2.45) is 0 Å². The molecule has 2 amide bonds. The summed E-state index contributed by atoms with van der Waals surface area (Å²) >= 11 is 0. The molecular weight excluding hydrogens is 399 g/mol. The van der Waals surface area contributed by atoms with E-state index in [1.165, 1.54) is 12.1 Å². The van der Waals surface area contributed by atoms with Gasteiger partial charge in [-0.15, -0.1) is 0 Å². The molecule has 0 aromatic heterocycles. The normalized spacial score (nSPS) is 18.6. The number of halogens is 1. The fourth-order valence-electron chi connectivity index (χ4n) is 3.98. The number of rotatable bonds is 4. The van der Waals surface area contributed by atoms with Crippen molar-refractivity contribution in [3.05, 3.63) is 30.1 Å². The first-order valence-electron chi connectivity index (χ1n) is 11.2. The SMILES string of the molecule is CC(C)(C)OC(=O)N1CCCN(CCC(=O)N2CCN(c3ccc(F)cc3)CC2)CC1. The Kier molecular flexibility index (Phi) is 7.75. The van der Waals surface area contributed by atoms with Crippen molar-refractivity contribution >= 4 is 17.7 Å². The zero-order valence-electron chi connectivity index (χ0n) is 19.0. The molecule has 2 heterocycles. The summed E-state index contributed by atoms with van der Waals surface area (Å²) in [6.07, 6.45) is 1.11. The van der Waals surface area contributed by atoms with Gasteiger partial charge in [0, 0.05) is 64.5 Å². The van der Waals surface area contributed by atoms with Crippen molar-refractivity contribution in [1.82, 2.24) is 14.7 Å². The smallest absolute Gasteiger partial charge is 0.410 e. The van der Waals surface area contributed by atoms with Crippen LogP contribution in [0.25, 0.3) is 0 Å². The third-order valence-electron chi connectivity index (χ3n) is 5.71. The molecule has 0 atom stereocenters. The predicted molar refractivity (Wildman–Crippen MR) is 119 cm³/mol. The topological polar surface area (TPSA) is 56.3 Å². The van der Waals surface area contributed by atoms with Crippen LogP contribution < -0.4 is 4.90 Å². The van der Waals surface area contributed by atoms with Crippen LogP contribution in [-0.2, 0) is 9.53 Å². The van der Waals surface area contributed by atoms with Gasteiger partial charge in [0.2, 0.25) is 5.91 Å². The molecule has 0 spiro atoms. The van der Waals surface area contributed by atoms with Gasteiger partial charge in [-0.3, -0.25) is 4.79 Å². The number of hydrogen-bond acceptors (Lipinski definition) is 5. The van der Waals surface area contributed by atoms with Gasteiger partial charge in [-0.25, -0.2) is 9.18 Å². The summed E-state index contributed by atoms with van der Waals surface area (Å²) in [6.45, 7) is 12.2. The number of nitrogens with zero attached hydrogens (tertiary/aromatic N) is 4. The number of carbonyl (C=O) groups is 2. The molecule has 2 fully saturated rings. The average molecular weight is 435 g/mol. The quantitative estimate of drug-likeness (QED) is 0.730. The van der Waals surface area contributed by atoms with Crippen LogP contribution in [-0.4, -0.2) is 91.2 Å². The lowest BCUT2D eigenvalue weighted by Gasteiger charge is -2.36. The average Bonchev–Trinajstić information content (AvgIpc) is 2.97. The molecule has 0 bridgehead atoms. The minimum absolute atomic E-state index is 0.173. The number of ether oxygens (including phenoxy) is 1. The summed E-state index contributed by atoms with van der Waals surface area (Å²) in [4.78, 5) is 33.1. The lowest BCUT2D eigenvalue weighted by Crippen LogP contribution is -2.49. The molecule has 0 unspecified atom stereocenters. The van der Waals surface area contributed by atoms with Gasteiger partial charge in [-0.05, 0) is 58.0 Å². The van der Waals surface area contributed by atoms with Gasteiger partial charge in [0.15, 0.2) is 0 Å². The lowest BCUT2D eigenvalue weighted by molar-refractivity contribution is -0.131. The maximum Gasteiger partial charge on any atom is 0.410 e. The first kappa shape index (κ1) is 23.3. The summed E-state index contributed by atoms with van der Waals surface area (Å²) in [6, 6.07) is 6.51. The fourth-order valence-corrected chi connectivity index (χ4v) is 3.98. The van der Waals surface area contributed by atoms with Crippen molar-refractivity contribution in [2.45, 2.75) is 39.2 Å². The van der Waals surface area contributed by atoms with E-state index < -0.39 is 5.60 Å². The van der Waals surface area contributed by atoms with Crippen molar-refractivity contribution < 1.29 is 18.7 Å². The van der Waals surface area contributed by atoms with Gasteiger partial charge in [-0.1, -0.05) is 0 Å². The highest BCUT2D eigenvalue weighted by Crippen LogP contribution is 2.17. The van der Waals surface area contributed by atoms with Crippen molar-refractivity contribution in [1.29, 1.82) is 0 Å². The van der Waals surface area contributed by atoms with Gasteiger partial charge in [0.1, 0.15) is 11.4 Å². The minimum Gasteiger partial charge on any atom is -0.444 e. The van der Waals surface area contributed by atoms with E-state index in [2.05, 4.69) is 9.80 Å². The number of benzene rings is 1. The van der Waals surface area contributed by atoms with Crippen LogP contribution in [0.1, 0.15) is 33.6 Å². The van der Waals surface area contributed by atoms with Crippen LogP contribution in [0, 0.1) is 5.82 Å². The molecule has 31 heavy (non-hydrogen) atoms. The Hall–Kier alpha value is -2.35. The molecule has 0 radical (unpaired) electrons. The Balaban J connectivity index is 1.39. The van der Waals surface area contributed by atoms with Gasteiger partial charge in [-0.2, -0.15) is 0 Å². The van der Waals surface area contributed by atoms with E-state index in [1.54, 1.807) is 17.0 Å². The molecule has 8 heteroatoms. The molecule has 1 aromatic rings. The first-order valence-corrected chi connectivity index (χ1v) is 11.2. The van der Waals surface area contributed by atoms with E-state index in [0.717, 1.165) is 38.3 Å². The largest absolute Gasteiger partial charge is 0.444 e. The molecule has 2 aliphatic heterocycles. The third-order valence-corrected chi connectivity index (χ3v) is 5.71. The number of hydrogen-bond donors (Lipinski definition) is 0. The third kappa shape index (κ3) is 7.09. The maximum absolute atomic E-state index is 13.1. The lowest BCUT2D eigenvalue weighted by atomic mass is 10.2. The second kappa shape index (κ2) is 10.3. The van der Waals surface area contributed by atoms with Crippen LogP contribution in [0.5, 0.6) is 0 Å². The number of piperazine rings is 1. The Bertz CT molecular complexity index is 742. The van der Waals surface area contributed by atoms with Gasteiger partial charge in [0.05, 0.1) is 0 Å². The highest BCUT2D eigenvalue weighted by Gasteiger charge is 2.25. The van der Waals surface area contributed by atoms with Gasteiger partial charge >= 0.3 is 6.09 Å². The number of anilines is 1. The summed E-state index contributed by atoms with van der Waals surface area (Å²) < 4.78 is 18.6. The number of amides is 2. The summed E-state index contributed by atoms with van der Waals surface area (Å²) in [7, 11) is 0. The predicted octanol–water partition coefficient (Wildman–Crippen LogP) is 2.81.